The number of aromatic amines is 1. The number of carbonyl (C=O) groups excluding carboxylic acids is 1. The molecule has 1 aliphatic rings. The Bertz CT molecular complexity index is 441. The van der Waals surface area contributed by atoms with Gasteiger partial charge in [0.05, 0.1) is 0 Å². The molecule has 0 bridgehead atoms. The lowest BCUT2D eigenvalue weighted by Gasteiger charge is -2.16. The van der Waals surface area contributed by atoms with Crippen LogP contribution in [0.3, 0.4) is 0 Å². The van der Waals surface area contributed by atoms with Crippen LogP contribution < -0.4 is 10.6 Å². The summed E-state index contributed by atoms with van der Waals surface area (Å²) in [6, 6.07) is 0. The van der Waals surface area contributed by atoms with Crippen molar-refractivity contribution in [3.63, 3.8) is 0 Å². The highest BCUT2D eigenvalue weighted by molar-refractivity contribution is 5.94. The molecule has 1 aromatic heterocycles. The Morgan fingerprint density at radius 3 is 3.05 bits per heavy atom. The van der Waals surface area contributed by atoms with Gasteiger partial charge in [0.15, 0.2) is 5.69 Å². The summed E-state index contributed by atoms with van der Waals surface area (Å²) in [4.78, 5) is 12.3. The average molecular weight is 278 g/mol. The van der Waals surface area contributed by atoms with Crippen LogP contribution in [0.2, 0.25) is 0 Å². The first-order valence-corrected chi connectivity index (χ1v) is 7.81. The summed E-state index contributed by atoms with van der Waals surface area (Å²) in [5.74, 6) is 0.535. The number of aromatic nitrogens is 2. The minimum atomic E-state index is -0.0406. The normalized spacial score (nSPS) is 15.7. The van der Waals surface area contributed by atoms with E-state index in [4.69, 9.17) is 0 Å². The molecule has 20 heavy (non-hydrogen) atoms. The molecule has 1 aliphatic heterocycles. The molecule has 0 saturated carbocycles. The molecule has 5 heteroatoms. The minimum absolute atomic E-state index is 0.0406. The first-order chi connectivity index (χ1) is 9.76. The van der Waals surface area contributed by atoms with Crippen LogP contribution >= 0.6 is 0 Å². The van der Waals surface area contributed by atoms with Crippen LogP contribution in [0.25, 0.3) is 0 Å². The molecule has 2 rings (SSSR count). The molecule has 0 spiro atoms. The first-order valence-electron chi connectivity index (χ1n) is 7.81. The second kappa shape index (κ2) is 7.43. The quantitative estimate of drug-likeness (QED) is 0.714. The highest BCUT2D eigenvalue weighted by Gasteiger charge is 2.21. The van der Waals surface area contributed by atoms with E-state index in [1.54, 1.807) is 0 Å². The van der Waals surface area contributed by atoms with Gasteiger partial charge < -0.3 is 10.6 Å². The van der Waals surface area contributed by atoms with Crippen LogP contribution in [-0.2, 0) is 13.0 Å². The average Bonchev–Trinajstić information content (AvgIpc) is 2.91. The van der Waals surface area contributed by atoms with Crippen LogP contribution in [0.1, 0.15) is 61.3 Å². The SMILES string of the molecule is CCCCC(CC)CNC(=O)c1n[nH]c2c1CNCC2. The second-order valence-electron chi connectivity index (χ2n) is 5.58. The summed E-state index contributed by atoms with van der Waals surface area (Å²) in [7, 11) is 0. The van der Waals surface area contributed by atoms with Crippen LogP contribution in [0.5, 0.6) is 0 Å². The van der Waals surface area contributed by atoms with E-state index in [9.17, 15) is 4.79 Å². The van der Waals surface area contributed by atoms with Gasteiger partial charge in [0.25, 0.3) is 5.91 Å². The van der Waals surface area contributed by atoms with Crippen molar-refractivity contribution in [2.24, 2.45) is 5.92 Å². The van der Waals surface area contributed by atoms with Gasteiger partial charge in [-0.3, -0.25) is 9.89 Å². The third-order valence-corrected chi connectivity index (χ3v) is 4.12. The van der Waals surface area contributed by atoms with Gasteiger partial charge in [-0.15, -0.1) is 0 Å². The fourth-order valence-corrected chi connectivity index (χ4v) is 2.68. The van der Waals surface area contributed by atoms with Crippen molar-refractivity contribution in [1.29, 1.82) is 0 Å². The molecule has 112 valence electrons. The zero-order chi connectivity index (χ0) is 14.4. The second-order valence-corrected chi connectivity index (χ2v) is 5.58. The van der Waals surface area contributed by atoms with E-state index in [-0.39, 0.29) is 5.91 Å². The van der Waals surface area contributed by atoms with Crippen molar-refractivity contribution < 1.29 is 4.79 Å². The van der Waals surface area contributed by atoms with Gasteiger partial charge in [-0.25, -0.2) is 0 Å². The van der Waals surface area contributed by atoms with Crippen molar-refractivity contribution in [3.05, 3.63) is 17.0 Å². The van der Waals surface area contributed by atoms with Gasteiger partial charge in [-0.05, 0) is 12.3 Å². The molecule has 3 N–H and O–H groups in total. The van der Waals surface area contributed by atoms with Crippen molar-refractivity contribution in [2.45, 2.75) is 52.5 Å². The molecule has 0 radical (unpaired) electrons. The summed E-state index contributed by atoms with van der Waals surface area (Å²) >= 11 is 0. The zero-order valence-corrected chi connectivity index (χ0v) is 12.6. The number of fused-ring (bicyclic) bond motifs is 1. The lowest BCUT2D eigenvalue weighted by molar-refractivity contribution is 0.0939. The van der Waals surface area contributed by atoms with Crippen molar-refractivity contribution in [1.82, 2.24) is 20.8 Å². The summed E-state index contributed by atoms with van der Waals surface area (Å²) in [6.45, 7) is 6.83. The first kappa shape index (κ1) is 15.0. The van der Waals surface area contributed by atoms with Crippen molar-refractivity contribution in [3.8, 4) is 0 Å². The summed E-state index contributed by atoms with van der Waals surface area (Å²) < 4.78 is 0. The number of rotatable bonds is 7. The molecule has 1 atom stereocenters. The van der Waals surface area contributed by atoms with Crippen LogP contribution in [-0.4, -0.2) is 29.2 Å². The Balaban J connectivity index is 1.90. The molecule has 0 aromatic carbocycles. The van der Waals surface area contributed by atoms with E-state index in [0.29, 0.717) is 11.6 Å². The van der Waals surface area contributed by atoms with E-state index in [1.165, 1.54) is 19.3 Å². The number of amides is 1. The smallest absolute Gasteiger partial charge is 0.272 e. The lowest BCUT2D eigenvalue weighted by Crippen LogP contribution is -2.31. The molecular formula is C15H26N4O. The van der Waals surface area contributed by atoms with Gasteiger partial charge in [0, 0.05) is 37.3 Å². The Morgan fingerprint density at radius 2 is 2.30 bits per heavy atom. The van der Waals surface area contributed by atoms with E-state index < -0.39 is 0 Å². The number of hydrogen-bond acceptors (Lipinski definition) is 3. The molecule has 2 heterocycles. The van der Waals surface area contributed by atoms with Gasteiger partial charge in [-0.2, -0.15) is 5.10 Å². The third-order valence-electron chi connectivity index (χ3n) is 4.12. The molecular weight excluding hydrogens is 252 g/mol. The monoisotopic (exact) mass is 278 g/mol. The predicted molar refractivity (Wildman–Crippen MR) is 79.6 cm³/mol. The summed E-state index contributed by atoms with van der Waals surface area (Å²) in [5, 5.41) is 13.5. The molecule has 1 aromatic rings. The van der Waals surface area contributed by atoms with E-state index >= 15 is 0 Å². The Kier molecular flexibility index (Phi) is 5.59. The number of nitrogens with zero attached hydrogens (tertiary/aromatic N) is 1. The fourth-order valence-electron chi connectivity index (χ4n) is 2.68. The number of nitrogens with one attached hydrogen (secondary N) is 3. The molecule has 0 saturated heterocycles. The summed E-state index contributed by atoms with van der Waals surface area (Å²) in [5.41, 5.74) is 2.71. The minimum Gasteiger partial charge on any atom is -0.350 e. The Hall–Kier alpha value is -1.36. The van der Waals surface area contributed by atoms with Gasteiger partial charge in [0.2, 0.25) is 0 Å². The summed E-state index contributed by atoms with van der Waals surface area (Å²) in [6.07, 6.45) is 5.66. The number of hydrogen-bond donors (Lipinski definition) is 3. The van der Waals surface area contributed by atoms with E-state index in [1.807, 2.05) is 0 Å². The highest BCUT2D eigenvalue weighted by atomic mass is 16.1. The third kappa shape index (κ3) is 3.60. The van der Waals surface area contributed by atoms with Gasteiger partial charge in [-0.1, -0.05) is 33.1 Å². The van der Waals surface area contributed by atoms with Gasteiger partial charge in [0.1, 0.15) is 0 Å². The molecule has 1 unspecified atom stereocenters. The maximum Gasteiger partial charge on any atom is 0.272 e. The predicted octanol–water partition coefficient (Wildman–Crippen LogP) is 2.00. The Morgan fingerprint density at radius 1 is 1.45 bits per heavy atom. The maximum atomic E-state index is 12.3. The maximum absolute atomic E-state index is 12.3. The molecule has 5 nitrogen and oxygen atoms in total. The molecule has 1 amide bonds. The van der Waals surface area contributed by atoms with E-state index in [2.05, 4.69) is 34.7 Å². The van der Waals surface area contributed by atoms with Crippen molar-refractivity contribution >= 4 is 5.91 Å². The fraction of sp³-hybridized carbons (Fsp3) is 0.733. The zero-order valence-electron chi connectivity index (χ0n) is 12.6. The topological polar surface area (TPSA) is 69.8 Å². The number of unbranched alkanes of at least 4 members (excludes halogenated alkanes) is 1. The number of carbonyl (C=O) groups is 1. The van der Waals surface area contributed by atoms with Crippen LogP contribution in [0.15, 0.2) is 0 Å². The van der Waals surface area contributed by atoms with Crippen molar-refractivity contribution in [2.75, 3.05) is 13.1 Å². The number of H-pyrrole nitrogens is 1. The standard InChI is InChI=1S/C15H26N4O/c1-3-5-6-11(4-2)9-17-15(20)14-12-10-16-8-7-13(12)18-19-14/h11,16H,3-10H2,1-2H3,(H,17,20)(H,18,19). The van der Waals surface area contributed by atoms with Crippen LogP contribution in [0.4, 0.5) is 0 Å². The molecule has 0 aliphatic carbocycles. The van der Waals surface area contributed by atoms with E-state index in [0.717, 1.165) is 43.7 Å². The Labute approximate surface area is 120 Å². The van der Waals surface area contributed by atoms with Gasteiger partial charge >= 0.3 is 0 Å². The van der Waals surface area contributed by atoms with Crippen LogP contribution in [0, 0.1) is 5.92 Å². The molecule has 0 fully saturated rings. The highest BCUT2D eigenvalue weighted by Crippen LogP contribution is 2.16. The lowest BCUT2D eigenvalue weighted by atomic mass is 9.99. The largest absolute Gasteiger partial charge is 0.350 e.